The van der Waals surface area contributed by atoms with Gasteiger partial charge in [-0.2, -0.15) is 17.4 Å². The third-order valence-corrected chi connectivity index (χ3v) is 5.20. The van der Waals surface area contributed by atoms with Gasteiger partial charge in [-0.15, -0.1) is 0 Å². The smallest absolute Gasteiger partial charge is 0.279 e. The SMILES string of the molecule is CCN(CC)S(=O)(=O)NC(C)C1CCCCN1. The lowest BCUT2D eigenvalue weighted by Gasteiger charge is -2.31. The van der Waals surface area contributed by atoms with Crippen LogP contribution in [-0.2, 0) is 10.2 Å². The van der Waals surface area contributed by atoms with E-state index in [0.29, 0.717) is 13.1 Å². The quantitative estimate of drug-likeness (QED) is 0.741. The van der Waals surface area contributed by atoms with Gasteiger partial charge in [0.15, 0.2) is 0 Å². The molecule has 0 aromatic carbocycles. The molecule has 0 amide bonds. The predicted octanol–water partition coefficient (Wildman–Crippen LogP) is 0.693. The summed E-state index contributed by atoms with van der Waals surface area (Å²) in [5.74, 6) is 0. The number of nitrogens with zero attached hydrogens (tertiary/aromatic N) is 1. The van der Waals surface area contributed by atoms with Gasteiger partial charge in [-0.1, -0.05) is 20.3 Å². The summed E-state index contributed by atoms with van der Waals surface area (Å²) in [6, 6.07) is 0.204. The molecule has 1 fully saturated rings. The van der Waals surface area contributed by atoms with Crippen molar-refractivity contribution < 1.29 is 8.42 Å². The Bertz CT molecular complexity index is 309. The third-order valence-electron chi connectivity index (χ3n) is 3.33. The first kappa shape index (κ1) is 14.9. The first-order valence-electron chi connectivity index (χ1n) is 6.52. The average Bonchev–Trinajstić information content (AvgIpc) is 2.30. The highest BCUT2D eigenvalue weighted by Gasteiger charge is 2.26. The molecular formula is C11H25N3O2S. The van der Waals surface area contributed by atoms with Crippen LogP contribution in [0.5, 0.6) is 0 Å². The molecule has 1 rings (SSSR count). The van der Waals surface area contributed by atoms with E-state index in [1.54, 1.807) is 0 Å². The number of hydrogen-bond acceptors (Lipinski definition) is 3. The van der Waals surface area contributed by atoms with Crippen LogP contribution in [0.15, 0.2) is 0 Å². The summed E-state index contributed by atoms with van der Waals surface area (Å²) in [7, 11) is -3.33. The number of rotatable bonds is 6. The lowest BCUT2D eigenvalue weighted by atomic mass is 10.00. The van der Waals surface area contributed by atoms with Crippen molar-refractivity contribution >= 4 is 10.2 Å². The Balaban J connectivity index is 2.56. The second-order valence-electron chi connectivity index (χ2n) is 4.55. The fourth-order valence-electron chi connectivity index (χ4n) is 2.26. The molecule has 0 aromatic heterocycles. The van der Waals surface area contributed by atoms with E-state index in [4.69, 9.17) is 0 Å². The Morgan fingerprint density at radius 2 is 2.00 bits per heavy atom. The van der Waals surface area contributed by atoms with Crippen LogP contribution >= 0.6 is 0 Å². The van der Waals surface area contributed by atoms with E-state index in [-0.39, 0.29) is 12.1 Å². The molecule has 5 nitrogen and oxygen atoms in total. The second-order valence-corrected chi connectivity index (χ2v) is 6.25. The molecule has 1 heterocycles. The topological polar surface area (TPSA) is 61.4 Å². The lowest BCUT2D eigenvalue weighted by Crippen LogP contribution is -2.53. The molecule has 6 heteroatoms. The number of hydrogen-bond donors (Lipinski definition) is 2. The van der Waals surface area contributed by atoms with Gasteiger partial charge in [0.2, 0.25) is 0 Å². The molecule has 1 saturated heterocycles. The molecule has 0 radical (unpaired) electrons. The Morgan fingerprint density at radius 1 is 1.35 bits per heavy atom. The fraction of sp³-hybridized carbons (Fsp3) is 1.00. The molecule has 1 aliphatic heterocycles. The Kier molecular flexibility index (Phi) is 5.85. The molecule has 102 valence electrons. The monoisotopic (exact) mass is 263 g/mol. The Labute approximate surface area is 105 Å². The van der Waals surface area contributed by atoms with Crippen LogP contribution in [0.4, 0.5) is 0 Å². The molecule has 0 spiro atoms. The zero-order chi connectivity index (χ0) is 12.9. The van der Waals surface area contributed by atoms with Crippen LogP contribution in [0.25, 0.3) is 0 Å². The van der Waals surface area contributed by atoms with Gasteiger partial charge in [-0.25, -0.2) is 0 Å². The van der Waals surface area contributed by atoms with Crippen molar-refractivity contribution in [2.75, 3.05) is 19.6 Å². The molecule has 0 bridgehead atoms. The fourth-order valence-corrected chi connectivity index (χ4v) is 3.72. The van der Waals surface area contributed by atoms with Crippen molar-refractivity contribution in [3.63, 3.8) is 0 Å². The van der Waals surface area contributed by atoms with E-state index in [1.165, 1.54) is 17.1 Å². The normalized spacial score (nSPS) is 23.9. The van der Waals surface area contributed by atoms with E-state index in [1.807, 2.05) is 20.8 Å². The van der Waals surface area contributed by atoms with E-state index >= 15 is 0 Å². The van der Waals surface area contributed by atoms with Gasteiger partial charge in [0, 0.05) is 25.2 Å². The maximum absolute atomic E-state index is 12.0. The van der Waals surface area contributed by atoms with E-state index in [0.717, 1.165) is 13.0 Å². The van der Waals surface area contributed by atoms with Gasteiger partial charge in [0.05, 0.1) is 0 Å². The van der Waals surface area contributed by atoms with Crippen molar-refractivity contribution in [3.8, 4) is 0 Å². The third kappa shape index (κ3) is 4.21. The van der Waals surface area contributed by atoms with Crippen LogP contribution in [-0.4, -0.2) is 44.4 Å². The number of nitrogens with one attached hydrogen (secondary N) is 2. The standard InChI is InChI=1S/C11H25N3O2S/c1-4-14(5-2)17(15,16)13-10(3)11-8-6-7-9-12-11/h10-13H,4-9H2,1-3H3. The first-order valence-corrected chi connectivity index (χ1v) is 7.96. The van der Waals surface area contributed by atoms with Gasteiger partial charge in [-0.3, -0.25) is 0 Å². The molecule has 2 atom stereocenters. The van der Waals surface area contributed by atoms with Crippen molar-refractivity contribution in [2.24, 2.45) is 0 Å². The summed E-state index contributed by atoms with van der Waals surface area (Å²) in [6.07, 6.45) is 3.41. The highest BCUT2D eigenvalue weighted by atomic mass is 32.2. The van der Waals surface area contributed by atoms with Gasteiger partial charge in [0.25, 0.3) is 10.2 Å². The van der Waals surface area contributed by atoms with Crippen LogP contribution in [0.2, 0.25) is 0 Å². The molecule has 0 saturated carbocycles. The summed E-state index contributed by atoms with van der Waals surface area (Å²) in [5.41, 5.74) is 0. The Hall–Kier alpha value is -0.170. The molecule has 0 aromatic rings. The zero-order valence-corrected chi connectivity index (χ0v) is 11.9. The van der Waals surface area contributed by atoms with E-state index < -0.39 is 10.2 Å². The summed E-state index contributed by atoms with van der Waals surface area (Å²) in [6.45, 7) is 7.65. The minimum Gasteiger partial charge on any atom is -0.312 e. The van der Waals surface area contributed by atoms with Crippen LogP contribution < -0.4 is 10.0 Å². The lowest BCUT2D eigenvalue weighted by molar-refractivity contribution is 0.338. The van der Waals surface area contributed by atoms with Crippen molar-refractivity contribution in [3.05, 3.63) is 0 Å². The summed E-state index contributed by atoms with van der Waals surface area (Å²) in [4.78, 5) is 0. The molecule has 2 unspecified atom stereocenters. The maximum Gasteiger partial charge on any atom is 0.279 e. The summed E-state index contributed by atoms with van der Waals surface area (Å²) in [5, 5.41) is 3.37. The molecule has 2 N–H and O–H groups in total. The van der Waals surface area contributed by atoms with Crippen LogP contribution in [0.3, 0.4) is 0 Å². The molecular weight excluding hydrogens is 238 g/mol. The second kappa shape index (κ2) is 6.68. The van der Waals surface area contributed by atoms with Crippen LogP contribution in [0, 0.1) is 0 Å². The first-order chi connectivity index (χ1) is 8.01. The van der Waals surface area contributed by atoms with Crippen molar-refractivity contribution in [2.45, 2.75) is 52.1 Å². The molecule has 0 aliphatic carbocycles. The van der Waals surface area contributed by atoms with Gasteiger partial charge < -0.3 is 5.32 Å². The highest BCUT2D eigenvalue weighted by molar-refractivity contribution is 7.87. The van der Waals surface area contributed by atoms with Crippen molar-refractivity contribution in [1.82, 2.24) is 14.3 Å². The Morgan fingerprint density at radius 3 is 2.47 bits per heavy atom. The molecule has 1 aliphatic rings. The van der Waals surface area contributed by atoms with Gasteiger partial charge >= 0.3 is 0 Å². The minimum atomic E-state index is -3.33. The maximum atomic E-state index is 12.0. The van der Waals surface area contributed by atoms with Gasteiger partial charge in [-0.05, 0) is 26.3 Å². The zero-order valence-electron chi connectivity index (χ0n) is 11.1. The number of piperidine rings is 1. The highest BCUT2D eigenvalue weighted by Crippen LogP contribution is 2.11. The van der Waals surface area contributed by atoms with Gasteiger partial charge in [0.1, 0.15) is 0 Å². The largest absolute Gasteiger partial charge is 0.312 e. The summed E-state index contributed by atoms with van der Waals surface area (Å²) >= 11 is 0. The predicted molar refractivity (Wildman–Crippen MR) is 70.1 cm³/mol. The minimum absolute atomic E-state index is 0.0547. The molecule has 17 heavy (non-hydrogen) atoms. The summed E-state index contributed by atoms with van der Waals surface area (Å²) < 4.78 is 28.3. The van der Waals surface area contributed by atoms with Crippen molar-refractivity contribution in [1.29, 1.82) is 0 Å². The van der Waals surface area contributed by atoms with E-state index in [2.05, 4.69) is 10.0 Å². The average molecular weight is 263 g/mol. The van der Waals surface area contributed by atoms with Crippen LogP contribution in [0.1, 0.15) is 40.0 Å². The van der Waals surface area contributed by atoms with E-state index in [9.17, 15) is 8.42 Å².